The topological polar surface area (TPSA) is 104 Å². The number of rotatable bonds is 3. The number of aryl methyl sites for hydroxylation is 1. The summed E-state index contributed by atoms with van der Waals surface area (Å²) in [4.78, 5) is 22.4. The van der Waals surface area contributed by atoms with Crippen LogP contribution in [0.3, 0.4) is 0 Å². The Hall–Kier alpha value is -2.23. The van der Waals surface area contributed by atoms with E-state index in [1.807, 2.05) is 21.7 Å². The van der Waals surface area contributed by atoms with Crippen LogP contribution in [-0.4, -0.2) is 69.8 Å². The van der Waals surface area contributed by atoms with E-state index in [0.29, 0.717) is 6.04 Å². The fourth-order valence-electron chi connectivity index (χ4n) is 5.01. The predicted molar refractivity (Wildman–Crippen MR) is 115 cm³/mol. The van der Waals surface area contributed by atoms with Crippen molar-refractivity contribution in [3.8, 4) is 0 Å². The third-order valence-corrected chi connectivity index (χ3v) is 6.60. The summed E-state index contributed by atoms with van der Waals surface area (Å²) in [6, 6.07) is 2.57. The minimum Gasteiger partial charge on any atom is -0.355 e. The van der Waals surface area contributed by atoms with Crippen molar-refractivity contribution in [1.29, 1.82) is 0 Å². The molecule has 0 saturated carbocycles. The summed E-state index contributed by atoms with van der Waals surface area (Å²) >= 11 is 0. The van der Waals surface area contributed by atoms with Crippen molar-refractivity contribution >= 4 is 17.4 Å². The Bertz CT molecular complexity index is 942. The lowest BCUT2D eigenvalue weighted by Crippen LogP contribution is -2.51. The summed E-state index contributed by atoms with van der Waals surface area (Å²) in [5.74, 6) is 1.11. The molecule has 5 rings (SSSR count). The van der Waals surface area contributed by atoms with E-state index in [9.17, 15) is 4.79 Å². The van der Waals surface area contributed by atoms with E-state index in [0.717, 1.165) is 74.6 Å². The van der Waals surface area contributed by atoms with Gasteiger partial charge in [0, 0.05) is 56.1 Å². The molecule has 9 nitrogen and oxygen atoms in total. The number of fused-ring (bicyclic) bond motifs is 1. The van der Waals surface area contributed by atoms with Gasteiger partial charge in [0.05, 0.1) is 11.7 Å². The number of aromatic nitrogens is 3. The van der Waals surface area contributed by atoms with Gasteiger partial charge in [0.1, 0.15) is 12.0 Å². The Morgan fingerprint density at radius 3 is 2.87 bits per heavy atom. The molecule has 3 fully saturated rings. The molecule has 2 aromatic rings. The number of anilines is 1. The molecule has 3 aliphatic heterocycles. The van der Waals surface area contributed by atoms with Gasteiger partial charge in [-0.3, -0.25) is 15.4 Å². The third kappa shape index (κ3) is 3.55. The number of hydrogen-bond acceptors (Lipinski definition) is 7. The van der Waals surface area contributed by atoms with Crippen LogP contribution in [0.25, 0.3) is 5.65 Å². The molecule has 5 heterocycles. The molecule has 4 N–H and O–H groups in total. The normalized spacial score (nSPS) is 29.8. The van der Waals surface area contributed by atoms with Crippen LogP contribution >= 0.6 is 0 Å². The summed E-state index contributed by atoms with van der Waals surface area (Å²) in [7, 11) is 0. The monoisotopic (exact) mass is 412 g/mol. The van der Waals surface area contributed by atoms with E-state index >= 15 is 0 Å². The first-order valence-corrected chi connectivity index (χ1v) is 11.2. The number of piperidine rings is 1. The summed E-state index contributed by atoms with van der Waals surface area (Å²) < 4.78 is 1.86. The molecule has 2 aromatic heterocycles. The third-order valence-electron chi connectivity index (χ3n) is 6.60. The highest BCUT2D eigenvalue weighted by molar-refractivity contribution is 5.82. The predicted octanol–water partition coefficient (Wildman–Crippen LogP) is 0.536. The highest BCUT2D eigenvalue weighted by Crippen LogP contribution is 2.32. The standard InChI is InChI=1S/C21H32N8O/c1-13-11-29-18(25-20(13)27-8-6-15(22)12-27)9-16(26-29)17-5-3-4-7-28(17)21(30)19-23-10-14(2)24-19/h9,11,14-15,17,19,23-24H,3-8,10,12,22H2,1-2H3/t14?,15-,17-,19?/m0/s1. The minimum atomic E-state index is -0.302. The second-order valence-corrected chi connectivity index (χ2v) is 9.07. The zero-order valence-electron chi connectivity index (χ0n) is 17.8. The van der Waals surface area contributed by atoms with Crippen molar-refractivity contribution in [2.75, 3.05) is 31.1 Å². The van der Waals surface area contributed by atoms with Crippen LogP contribution in [-0.2, 0) is 4.79 Å². The molecular formula is C21H32N8O. The van der Waals surface area contributed by atoms with Crippen LogP contribution in [0.5, 0.6) is 0 Å². The summed E-state index contributed by atoms with van der Waals surface area (Å²) in [5.41, 5.74) is 8.95. The number of hydrogen-bond donors (Lipinski definition) is 3. The van der Waals surface area contributed by atoms with E-state index in [-0.39, 0.29) is 24.2 Å². The first-order chi connectivity index (χ1) is 14.5. The Kier molecular flexibility index (Phi) is 5.12. The maximum atomic E-state index is 13.2. The lowest BCUT2D eigenvalue weighted by Gasteiger charge is -2.36. The fraction of sp³-hybridized carbons (Fsp3) is 0.667. The first kappa shape index (κ1) is 19.7. The molecule has 0 bridgehead atoms. The molecule has 0 aromatic carbocycles. The van der Waals surface area contributed by atoms with Crippen molar-refractivity contribution < 1.29 is 4.79 Å². The fourth-order valence-corrected chi connectivity index (χ4v) is 5.01. The van der Waals surface area contributed by atoms with Crippen LogP contribution < -0.4 is 21.3 Å². The van der Waals surface area contributed by atoms with Gasteiger partial charge in [0.2, 0.25) is 0 Å². The zero-order valence-corrected chi connectivity index (χ0v) is 17.8. The number of amides is 1. The number of likely N-dealkylation sites (tertiary alicyclic amines) is 1. The van der Waals surface area contributed by atoms with Gasteiger partial charge < -0.3 is 15.5 Å². The van der Waals surface area contributed by atoms with Crippen LogP contribution in [0.15, 0.2) is 12.3 Å². The average Bonchev–Trinajstić information content (AvgIpc) is 3.46. The molecular weight excluding hydrogens is 380 g/mol. The number of carbonyl (C=O) groups excluding carboxylic acids is 1. The summed E-state index contributed by atoms with van der Waals surface area (Å²) in [6.07, 6.45) is 5.82. The van der Waals surface area contributed by atoms with Gasteiger partial charge in [-0.2, -0.15) is 5.10 Å². The molecule has 0 radical (unpaired) electrons. The maximum Gasteiger partial charge on any atom is 0.255 e. The Morgan fingerprint density at radius 2 is 2.13 bits per heavy atom. The van der Waals surface area contributed by atoms with Crippen molar-refractivity contribution in [2.45, 2.75) is 63.8 Å². The van der Waals surface area contributed by atoms with Gasteiger partial charge >= 0.3 is 0 Å². The van der Waals surface area contributed by atoms with Crippen molar-refractivity contribution in [3.05, 3.63) is 23.5 Å². The molecule has 1 amide bonds. The lowest BCUT2D eigenvalue weighted by molar-refractivity contribution is -0.137. The molecule has 0 spiro atoms. The SMILES string of the molecule is Cc1cn2nc([C@@H]3CCCCN3C(=O)C3NCC(C)N3)cc2nc1N1CC[C@H](N)C1. The molecule has 3 aliphatic rings. The minimum absolute atomic E-state index is 0.00331. The zero-order chi connectivity index (χ0) is 20.8. The second-order valence-electron chi connectivity index (χ2n) is 9.07. The van der Waals surface area contributed by atoms with Crippen LogP contribution in [0, 0.1) is 6.92 Å². The lowest BCUT2D eigenvalue weighted by atomic mass is 9.99. The highest BCUT2D eigenvalue weighted by Gasteiger charge is 2.36. The Morgan fingerprint density at radius 1 is 1.27 bits per heavy atom. The number of nitrogens with one attached hydrogen (secondary N) is 2. The maximum absolute atomic E-state index is 13.2. The van der Waals surface area contributed by atoms with Gasteiger partial charge in [-0.05, 0) is 39.5 Å². The van der Waals surface area contributed by atoms with Crippen LogP contribution in [0.4, 0.5) is 5.82 Å². The highest BCUT2D eigenvalue weighted by atomic mass is 16.2. The second kappa shape index (κ2) is 7.79. The first-order valence-electron chi connectivity index (χ1n) is 11.2. The van der Waals surface area contributed by atoms with E-state index < -0.39 is 0 Å². The number of nitrogens with zero attached hydrogens (tertiary/aromatic N) is 5. The largest absolute Gasteiger partial charge is 0.355 e. The van der Waals surface area contributed by atoms with Crippen molar-refractivity contribution in [2.24, 2.45) is 5.73 Å². The molecule has 4 atom stereocenters. The number of carbonyl (C=O) groups is 1. The van der Waals surface area contributed by atoms with Crippen LogP contribution in [0.1, 0.15) is 49.9 Å². The van der Waals surface area contributed by atoms with Gasteiger partial charge in [0.15, 0.2) is 5.65 Å². The van der Waals surface area contributed by atoms with E-state index in [1.165, 1.54) is 0 Å². The van der Waals surface area contributed by atoms with Gasteiger partial charge in [-0.15, -0.1) is 0 Å². The van der Waals surface area contributed by atoms with E-state index in [4.69, 9.17) is 15.8 Å². The smallest absolute Gasteiger partial charge is 0.255 e. The quantitative estimate of drug-likeness (QED) is 0.676. The number of nitrogens with two attached hydrogens (primary N) is 1. The molecule has 30 heavy (non-hydrogen) atoms. The van der Waals surface area contributed by atoms with Crippen molar-refractivity contribution in [1.82, 2.24) is 30.1 Å². The molecule has 3 saturated heterocycles. The summed E-state index contributed by atoms with van der Waals surface area (Å²) in [5, 5.41) is 11.5. The van der Waals surface area contributed by atoms with Crippen LogP contribution in [0.2, 0.25) is 0 Å². The average molecular weight is 413 g/mol. The van der Waals surface area contributed by atoms with Crippen molar-refractivity contribution in [3.63, 3.8) is 0 Å². The van der Waals surface area contributed by atoms with Gasteiger partial charge in [0.25, 0.3) is 5.91 Å². The molecule has 9 heteroatoms. The Labute approximate surface area is 177 Å². The summed E-state index contributed by atoms with van der Waals surface area (Å²) in [6.45, 7) is 7.54. The molecule has 2 unspecified atom stereocenters. The van der Waals surface area contributed by atoms with Gasteiger partial charge in [-0.25, -0.2) is 9.50 Å². The van der Waals surface area contributed by atoms with Gasteiger partial charge in [-0.1, -0.05) is 0 Å². The molecule has 162 valence electrons. The Balaban J connectivity index is 1.43. The van der Waals surface area contributed by atoms with E-state index in [2.05, 4.69) is 29.4 Å². The molecule has 0 aliphatic carbocycles. The van der Waals surface area contributed by atoms with E-state index in [1.54, 1.807) is 0 Å².